The van der Waals surface area contributed by atoms with E-state index < -0.39 is 12.1 Å². The zero-order chi connectivity index (χ0) is 21.1. The highest BCUT2D eigenvalue weighted by Gasteiger charge is 2.17. The number of amides is 6. The molecule has 8 nitrogen and oxygen atoms in total. The van der Waals surface area contributed by atoms with E-state index in [4.69, 9.17) is 0 Å². The molecule has 0 unspecified atom stereocenters. The Morgan fingerprint density at radius 3 is 1.85 bits per heavy atom. The lowest BCUT2D eigenvalue weighted by Gasteiger charge is -2.18. The summed E-state index contributed by atoms with van der Waals surface area (Å²) in [6.07, 6.45) is 0.267. The molecule has 10 heteroatoms. The minimum Gasteiger partial charge on any atom is -0.337 e. The Morgan fingerprint density at radius 2 is 1.30 bits per heavy atom. The first-order chi connectivity index (χ1) is 12.3. The molecule has 0 aliphatic rings. The van der Waals surface area contributed by atoms with Crippen LogP contribution in [0.1, 0.15) is 48.0 Å². The number of nitrogens with one attached hydrogen (secondary N) is 4. The summed E-state index contributed by atoms with van der Waals surface area (Å²) in [4.78, 5) is 46.4. The van der Waals surface area contributed by atoms with E-state index in [2.05, 4.69) is 21.3 Å². The Labute approximate surface area is 169 Å². The predicted octanol–water partition coefficient (Wildman–Crippen LogP) is 2.50. The average Bonchev–Trinajstić information content (AvgIpc) is 2.45. The molecule has 27 heavy (non-hydrogen) atoms. The van der Waals surface area contributed by atoms with E-state index in [1.807, 2.05) is 41.5 Å². The van der Waals surface area contributed by atoms with Crippen molar-refractivity contribution < 1.29 is 19.2 Å². The monoisotopic (exact) mass is 420 g/mol. The maximum atomic E-state index is 11.6. The van der Waals surface area contributed by atoms with Crippen LogP contribution in [0, 0.1) is 10.8 Å². The van der Waals surface area contributed by atoms with Crippen LogP contribution in [0.15, 0.2) is 0 Å². The number of imide groups is 2. The summed E-state index contributed by atoms with van der Waals surface area (Å²) >= 11 is 0. The molecule has 0 aromatic carbocycles. The van der Waals surface area contributed by atoms with Crippen LogP contribution in [-0.2, 0) is 9.59 Å². The second kappa shape index (κ2) is 12.1. The Morgan fingerprint density at radius 1 is 0.741 bits per heavy atom. The normalized spacial score (nSPS) is 11.5. The molecular weight excluding hydrogens is 388 g/mol. The highest BCUT2D eigenvalue weighted by Crippen LogP contribution is 2.20. The van der Waals surface area contributed by atoms with Gasteiger partial charge in [-0.15, -0.1) is 0 Å². The van der Waals surface area contributed by atoms with Gasteiger partial charge < -0.3 is 10.6 Å². The Hall–Kier alpha value is -1.42. The van der Waals surface area contributed by atoms with Crippen LogP contribution in [0.3, 0.4) is 0 Å². The molecule has 0 saturated carbocycles. The minimum absolute atomic E-state index is 0.0539. The lowest BCUT2D eigenvalue weighted by molar-refractivity contribution is -0.121. The van der Waals surface area contributed by atoms with E-state index in [-0.39, 0.29) is 34.8 Å². The van der Waals surface area contributed by atoms with Crippen molar-refractivity contribution in [1.82, 2.24) is 21.3 Å². The third kappa shape index (κ3) is 17.7. The van der Waals surface area contributed by atoms with Crippen molar-refractivity contribution in [3.8, 4) is 0 Å². The molecule has 0 aliphatic carbocycles. The molecule has 4 N–H and O–H groups in total. The fourth-order valence-electron chi connectivity index (χ4n) is 1.61. The number of hydrogen-bond donors (Lipinski definition) is 4. The van der Waals surface area contributed by atoms with Gasteiger partial charge in [-0.3, -0.25) is 20.2 Å². The number of rotatable bonds is 8. The third-order valence-electron chi connectivity index (χ3n) is 2.72. The summed E-state index contributed by atoms with van der Waals surface area (Å²) in [5.41, 5.74) is -0.233. The zero-order valence-corrected chi connectivity index (χ0v) is 18.6. The van der Waals surface area contributed by atoms with Crippen molar-refractivity contribution in [3.05, 3.63) is 0 Å². The van der Waals surface area contributed by atoms with Crippen molar-refractivity contribution >= 4 is 45.5 Å². The van der Waals surface area contributed by atoms with E-state index in [0.717, 1.165) is 0 Å². The van der Waals surface area contributed by atoms with Crippen LogP contribution < -0.4 is 21.3 Å². The lowest BCUT2D eigenvalue weighted by atomic mass is 9.92. The summed E-state index contributed by atoms with van der Waals surface area (Å²) in [5.74, 6) is -0.000310. The number of carbonyl (C=O) groups excluding carboxylic acids is 4. The molecule has 0 aromatic rings. The van der Waals surface area contributed by atoms with Crippen molar-refractivity contribution in [3.63, 3.8) is 0 Å². The molecule has 0 saturated heterocycles. The molecule has 0 radical (unpaired) electrons. The lowest BCUT2D eigenvalue weighted by Crippen LogP contribution is -2.43. The van der Waals surface area contributed by atoms with Gasteiger partial charge in [0.25, 0.3) is 0 Å². The SMILES string of the molecule is CC(C)(C)CNC(=O)NC(=O)CSSCCNC(=O)NC(=O)CC(C)(C)C. The van der Waals surface area contributed by atoms with Gasteiger partial charge in [0.05, 0.1) is 5.75 Å². The molecule has 0 rings (SSSR count). The molecule has 0 spiro atoms. The molecule has 0 bridgehead atoms. The first-order valence-electron chi connectivity index (χ1n) is 8.68. The van der Waals surface area contributed by atoms with Crippen LogP contribution in [0.2, 0.25) is 0 Å². The Kier molecular flexibility index (Phi) is 11.5. The highest BCUT2D eigenvalue weighted by molar-refractivity contribution is 8.76. The summed E-state index contributed by atoms with van der Waals surface area (Å²) < 4.78 is 0. The molecule has 0 atom stereocenters. The van der Waals surface area contributed by atoms with Gasteiger partial charge in [-0.1, -0.05) is 63.1 Å². The summed E-state index contributed by atoms with van der Waals surface area (Å²) in [6.45, 7) is 12.5. The quantitative estimate of drug-likeness (QED) is 0.354. The third-order valence-corrected chi connectivity index (χ3v) is 4.99. The van der Waals surface area contributed by atoms with Gasteiger partial charge in [-0.05, 0) is 10.8 Å². The second-order valence-electron chi connectivity index (χ2n) is 8.42. The van der Waals surface area contributed by atoms with E-state index in [9.17, 15) is 19.2 Å². The van der Waals surface area contributed by atoms with E-state index in [0.29, 0.717) is 18.8 Å². The first-order valence-corrected chi connectivity index (χ1v) is 11.2. The Balaban J connectivity index is 3.73. The highest BCUT2D eigenvalue weighted by atomic mass is 33.1. The standard InChI is InChI=1S/C17H32N4O4S2/c1-16(2,3)9-12(22)20-14(24)18-7-8-26-27-10-13(23)21-15(25)19-11-17(4,5)6/h7-11H2,1-6H3,(H2,18,20,22,24)(H2,19,21,23,25). The zero-order valence-electron chi connectivity index (χ0n) is 17.0. The van der Waals surface area contributed by atoms with Gasteiger partial charge in [0, 0.05) is 25.3 Å². The molecule has 6 amide bonds. The van der Waals surface area contributed by atoms with Crippen molar-refractivity contribution in [1.29, 1.82) is 0 Å². The van der Waals surface area contributed by atoms with Crippen LogP contribution in [0.25, 0.3) is 0 Å². The van der Waals surface area contributed by atoms with Crippen LogP contribution in [0.5, 0.6) is 0 Å². The number of hydrogen-bond acceptors (Lipinski definition) is 6. The molecule has 156 valence electrons. The van der Waals surface area contributed by atoms with Crippen molar-refractivity contribution in [2.75, 3.05) is 24.6 Å². The van der Waals surface area contributed by atoms with E-state index >= 15 is 0 Å². The number of urea groups is 2. The van der Waals surface area contributed by atoms with E-state index in [1.165, 1.54) is 21.6 Å². The topological polar surface area (TPSA) is 116 Å². The largest absolute Gasteiger partial charge is 0.337 e. The summed E-state index contributed by atoms with van der Waals surface area (Å²) in [6, 6.07) is -1.03. The van der Waals surface area contributed by atoms with Crippen LogP contribution in [0.4, 0.5) is 9.59 Å². The average molecular weight is 421 g/mol. The van der Waals surface area contributed by atoms with Gasteiger partial charge in [-0.25, -0.2) is 9.59 Å². The van der Waals surface area contributed by atoms with Gasteiger partial charge in [0.15, 0.2) is 0 Å². The van der Waals surface area contributed by atoms with Crippen molar-refractivity contribution in [2.45, 2.75) is 48.0 Å². The van der Waals surface area contributed by atoms with Gasteiger partial charge in [0.2, 0.25) is 11.8 Å². The van der Waals surface area contributed by atoms with E-state index in [1.54, 1.807) is 0 Å². The fraction of sp³-hybridized carbons (Fsp3) is 0.765. The molecule has 0 aromatic heterocycles. The first kappa shape index (κ1) is 25.6. The summed E-state index contributed by atoms with van der Waals surface area (Å²) in [5, 5.41) is 9.76. The minimum atomic E-state index is -0.525. The van der Waals surface area contributed by atoms with Crippen LogP contribution in [-0.4, -0.2) is 48.5 Å². The maximum Gasteiger partial charge on any atom is 0.321 e. The van der Waals surface area contributed by atoms with Gasteiger partial charge >= 0.3 is 12.1 Å². The summed E-state index contributed by atoms with van der Waals surface area (Å²) in [7, 11) is 2.68. The number of carbonyl (C=O) groups is 4. The smallest absolute Gasteiger partial charge is 0.321 e. The molecule has 0 aliphatic heterocycles. The fourth-order valence-corrected chi connectivity index (χ4v) is 3.35. The van der Waals surface area contributed by atoms with Crippen LogP contribution >= 0.6 is 21.6 Å². The van der Waals surface area contributed by atoms with Gasteiger partial charge in [-0.2, -0.15) is 0 Å². The second-order valence-corrected chi connectivity index (χ2v) is 11.0. The Bertz CT molecular complexity index is 528. The van der Waals surface area contributed by atoms with Crippen molar-refractivity contribution in [2.24, 2.45) is 10.8 Å². The molecule has 0 fully saturated rings. The molecular formula is C17H32N4O4S2. The molecule has 0 heterocycles. The predicted molar refractivity (Wildman–Crippen MR) is 112 cm³/mol. The maximum absolute atomic E-state index is 11.6. The van der Waals surface area contributed by atoms with Gasteiger partial charge in [0.1, 0.15) is 0 Å².